The predicted octanol–water partition coefficient (Wildman–Crippen LogP) is 1.57. The first-order valence-corrected chi connectivity index (χ1v) is 4.37. The Bertz CT molecular complexity index is 410. The zero-order valence-corrected chi connectivity index (χ0v) is 8.01. The van der Waals surface area contributed by atoms with E-state index in [2.05, 4.69) is 0 Å². The van der Waals surface area contributed by atoms with Crippen molar-refractivity contribution in [3.05, 3.63) is 35.4 Å². The molecule has 0 atom stereocenters. The number of carboxylic acid groups (broad SMARTS) is 1. The fourth-order valence-corrected chi connectivity index (χ4v) is 1.16. The van der Waals surface area contributed by atoms with E-state index in [9.17, 15) is 9.59 Å². The molecule has 4 nitrogen and oxygen atoms in total. The molecule has 0 amide bonds. The summed E-state index contributed by atoms with van der Waals surface area (Å²) < 4.78 is 0. The first-order valence-electron chi connectivity index (χ1n) is 4.37. The van der Waals surface area contributed by atoms with E-state index in [0.29, 0.717) is 17.7 Å². The SMILES string of the molecule is Nc1cc(C=CCC=O)cc(C(=O)O)c1. The van der Waals surface area contributed by atoms with E-state index in [-0.39, 0.29) is 5.56 Å². The summed E-state index contributed by atoms with van der Waals surface area (Å²) in [6, 6.07) is 4.53. The van der Waals surface area contributed by atoms with Gasteiger partial charge in [0.15, 0.2) is 0 Å². The first kappa shape index (κ1) is 11.0. The quantitative estimate of drug-likeness (QED) is 0.577. The summed E-state index contributed by atoms with van der Waals surface area (Å²) >= 11 is 0. The number of carbonyl (C=O) groups is 2. The van der Waals surface area contributed by atoms with Crippen LogP contribution in [0.5, 0.6) is 0 Å². The van der Waals surface area contributed by atoms with Gasteiger partial charge in [0.1, 0.15) is 6.29 Å². The molecule has 1 rings (SSSR count). The van der Waals surface area contributed by atoms with Crippen LogP contribution in [0.15, 0.2) is 24.3 Å². The summed E-state index contributed by atoms with van der Waals surface area (Å²) in [6.45, 7) is 0. The zero-order valence-electron chi connectivity index (χ0n) is 8.01. The Hall–Kier alpha value is -2.10. The Balaban J connectivity index is 2.98. The van der Waals surface area contributed by atoms with Crippen LogP contribution in [-0.4, -0.2) is 17.4 Å². The maximum Gasteiger partial charge on any atom is 0.335 e. The first-order chi connectivity index (χ1) is 7.13. The number of hydrogen-bond donors (Lipinski definition) is 2. The molecule has 0 radical (unpaired) electrons. The van der Waals surface area contributed by atoms with Gasteiger partial charge < -0.3 is 15.6 Å². The van der Waals surface area contributed by atoms with Gasteiger partial charge in [-0.3, -0.25) is 0 Å². The van der Waals surface area contributed by atoms with Crippen molar-refractivity contribution in [2.45, 2.75) is 6.42 Å². The number of anilines is 1. The van der Waals surface area contributed by atoms with Crippen molar-refractivity contribution >= 4 is 24.0 Å². The minimum absolute atomic E-state index is 0.140. The Kier molecular flexibility index (Phi) is 3.62. The lowest BCUT2D eigenvalue weighted by atomic mass is 10.1. The fraction of sp³-hybridized carbons (Fsp3) is 0.0909. The van der Waals surface area contributed by atoms with Crippen LogP contribution in [0.1, 0.15) is 22.3 Å². The summed E-state index contributed by atoms with van der Waals surface area (Å²) in [4.78, 5) is 20.8. The Morgan fingerprint density at radius 2 is 2.13 bits per heavy atom. The largest absolute Gasteiger partial charge is 0.478 e. The lowest BCUT2D eigenvalue weighted by Crippen LogP contribution is -1.98. The smallest absolute Gasteiger partial charge is 0.335 e. The van der Waals surface area contributed by atoms with Gasteiger partial charge in [-0.25, -0.2) is 4.79 Å². The molecule has 0 unspecified atom stereocenters. The molecule has 0 fully saturated rings. The number of carbonyl (C=O) groups excluding carboxylic acids is 1. The summed E-state index contributed by atoms with van der Waals surface area (Å²) in [5.41, 5.74) is 6.74. The second-order valence-corrected chi connectivity index (χ2v) is 3.00. The van der Waals surface area contributed by atoms with Crippen molar-refractivity contribution in [1.29, 1.82) is 0 Å². The summed E-state index contributed by atoms with van der Waals surface area (Å²) in [5.74, 6) is -1.02. The summed E-state index contributed by atoms with van der Waals surface area (Å²) in [5, 5.41) is 8.77. The van der Waals surface area contributed by atoms with Gasteiger partial charge in [0.25, 0.3) is 0 Å². The molecule has 0 aliphatic carbocycles. The number of carboxylic acids is 1. The van der Waals surface area contributed by atoms with Crippen LogP contribution in [0.25, 0.3) is 6.08 Å². The number of benzene rings is 1. The van der Waals surface area contributed by atoms with Gasteiger partial charge in [0.2, 0.25) is 0 Å². The summed E-state index contributed by atoms with van der Waals surface area (Å²) in [6.07, 6.45) is 4.38. The van der Waals surface area contributed by atoms with E-state index < -0.39 is 5.97 Å². The number of nitrogens with two attached hydrogens (primary N) is 1. The third kappa shape index (κ3) is 3.27. The van der Waals surface area contributed by atoms with Crippen LogP contribution in [0.3, 0.4) is 0 Å². The van der Waals surface area contributed by atoms with Crippen molar-refractivity contribution in [2.75, 3.05) is 5.73 Å². The molecular formula is C11H11NO3. The highest BCUT2D eigenvalue weighted by Crippen LogP contribution is 2.13. The predicted molar refractivity (Wildman–Crippen MR) is 57.5 cm³/mol. The topological polar surface area (TPSA) is 80.4 Å². The molecule has 0 heterocycles. The van der Waals surface area contributed by atoms with E-state index in [1.54, 1.807) is 18.2 Å². The molecule has 0 aromatic heterocycles. The molecule has 1 aromatic rings. The number of aromatic carboxylic acids is 1. The van der Waals surface area contributed by atoms with Crippen molar-refractivity contribution in [3.63, 3.8) is 0 Å². The Labute approximate surface area is 87.0 Å². The van der Waals surface area contributed by atoms with Crippen molar-refractivity contribution in [2.24, 2.45) is 0 Å². The lowest BCUT2D eigenvalue weighted by molar-refractivity contribution is -0.107. The summed E-state index contributed by atoms with van der Waals surface area (Å²) in [7, 11) is 0. The van der Waals surface area contributed by atoms with Gasteiger partial charge in [-0.15, -0.1) is 0 Å². The molecule has 0 spiro atoms. The van der Waals surface area contributed by atoms with E-state index >= 15 is 0 Å². The van der Waals surface area contributed by atoms with Crippen molar-refractivity contribution < 1.29 is 14.7 Å². The van der Waals surface area contributed by atoms with Gasteiger partial charge in [-0.05, 0) is 23.8 Å². The second-order valence-electron chi connectivity index (χ2n) is 3.00. The van der Waals surface area contributed by atoms with E-state index in [0.717, 1.165) is 6.29 Å². The van der Waals surface area contributed by atoms with Crippen LogP contribution in [0, 0.1) is 0 Å². The second kappa shape index (κ2) is 4.95. The molecule has 0 saturated carbocycles. The minimum atomic E-state index is -1.02. The van der Waals surface area contributed by atoms with Crippen LogP contribution in [0.2, 0.25) is 0 Å². The minimum Gasteiger partial charge on any atom is -0.478 e. The average molecular weight is 205 g/mol. The van der Waals surface area contributed by atoms with Crippen LogP contribution in [0.4, 0.5) is 5.69 Å². The van der Waals surface area contributed by atoms with Crippen LogP contribution >= 0.6 is 0 Å². The molecule has 78 valence electrons. The number of rotatable bonds is 4. The van der Waals surface area contributed by atoms with E-state index in [1.807, 2.05) is 0 Å². The third-order valence-electron chi connectivity index (χ3n) is 1.77. The molecular weight excluding hydrogens is 194 g/mol. The fourth-order valence-electron chi connectivity index (χ4n) is 1.16. The molecule has 15 heavy (non-hydrogen) atoms. The molecule has 0 aliphatic heterocycles. The Morgan fingerprint density at radius 1 is 1.40 bits per heavy atom. The standard InChI is InChI=1S/C11H11NO3/c12-10-6-8(3-1-2-4-13)5-9(7-10)11(14)15/h1,3-7H,2,12H2,(H,14,15). The van der Waals surface area contributed by atoms with Gasteiger partial charge in [0, 0.05) is 12.1 Å². The van der Waals surface area contributed by atoms with Crippen molar-refractivity contribution in [1.82, 2.24) is 0 Å². The number of hydrogen-bond acceptors (Lipinski definition) is 3. The zero-order chi connectivity index (χ0) is 11.3. The monoisotopic (exact) mass is 205 g/mol. The van der Waals surface area contributed by atoms with Gasteiger partial charge in [-0.2, -0.15) is 0 Å². The number of aldehydes is 1. The highest BCUT2D eigenvalue weighted by atomic mass is 16.4. The maximum atomic E-state index is 10.7. The van der Waals surface area contributed by atoms with Gasteiger partial charge >= 0.3 is 5.97 Å². The van der Waals surface area contributed by atoms with Crippen molar-refractivity contribution in [3.8, 4) is 0 Å². The van der Waals surface area contributed by atoms with Gasteiger partial charge in [-0.1, -0.05) is 12.2 Å². The van der Waals surface area contributed by atoms with E-state index in [1.165, 1.54) is 12.1 Å². The molecule has 4 heteroatoms. The van der Waals surface area contributed by atoms with Crippen LogP contribution in [-0.2, 0) is 4.79 Å². The molecule has 1 aromatic carbocycles. The average Bonchev–Trinajstić information content (AvgIpc) is 2.17. The molecule has 0 saturated heterocycles. The normalized spacial score (nSPS) is 10.4. The molecule has 0 aliphatic rings. The van der Waals surface area contributed by atoms with E-state index in [4.69, 9.17) is 10.8 Å². The number of allylic oxidation sites excluding steroid dienone is 1. The molecule has 3 N–H and O–H groups in total. The van der Waals surface area contributed by atoms with Crippen LogP contribution < -0.4 is 5.73 Å². The Morgan fingerprint density at radius 3 is 2.73 bits per heavy atom. The maximum absolute atomic E-state index is 10.7. The lowest BCUT2D eigenvalue weighted by Gasteiger charge is -2.00. The number of nitrogen functional groups attached to an aromatic ring is 1. The van der Waals surface area contributed by atoms with Gasteiger partial charge in [0.05, 0.1) is 5.56 Å². The molecule has 0 bridgehead atoms. The highest BCUT2D eigenvalue weighted by molar-refractivity contribution is 5.89. The third-order valence-corrected chi connectivity index (χ3v) is 1.77. The highest BCUT2D eigenvalue weighted by Gasteiger charge is 2.03.